The van der Waals surface area contributed by atoms with Crippen LogP contribution in [0, 0.1) is 0 Å². The molecule has 0 fully saturated rings. The van der Waals surface area contributed by atoms with Crippen molar-refractivity contribution in [1.82, 2.24) is 9.97 Å². The van der Waals surface area contributed by atoms with Crippen LogP contribution in [0.5, 0.6) is 5.75 Å². The summed E-state index contributed by atoms with van der Waals surface area (Å²) in [6, 6.07) is 11.6. The van der Waals surface area contributed by atoms with Gasteiger partial charge in [0, 0.05) is 22.5 Å². The lowest BCUT2D eigenvalue weighted by Crippen LogP contribution is -1.96. The minimum atomic E-state index is 0.439. The standard InChI is InChI=1S/C15H14ClN3OS/c1-20-10-3-5-13-14(6-10)19-15(18-13)21-11-4-2-9(8-17)12(16)7-11/h2-7H,8,17H2,1H3,(H,18,19). The lowest BCUT2D eigenvalue weighted by Gasteiger charge is -2.03. The molecule has 0 unspecified atom stereocenters. The average molecular weight is 320 g/mol. The summed E-state index contributed by atoms with van der Waals surface area (Å²) in [4.78, 5) is 8.83. The topological polar surface area (TPSA) is 63.9 Å². The van der Waals surface area contributed by atoms with E-state index in [1.54, 1.807) is 7.11 Å². The fourth-order valence-corrected chi connectivity index (χ4v) is 3.17. The number of benzene rings is 2. The summed E-state index contributed by atoms with van der Waals surface area (Å²) in [5.74, 6) is 0.804. The summed E-state index contributed by atoms with van der Waals surface area (Å²) in [6.07, 6.45) is 0. The molecule has 108 valence electrons. The van der Waals surface area contributed by atoms with E-state index in [9.17, 15) is 0 Å². The van der Waals surface area contributed by atoms with E-state index in [1.807, 2.05) is 36.4 Å². The zero-order valence-corrected chi connectivity index (χ0v) is 13.0. The molecule has 2 aromatic carbocycles. The number of hydrogen-bond donors (Lipinski definition) is 2. The Bertz CT molecular complexity index is 788. The SMILES string of the molecule is COc1ccc2nc(Sc3ccc(CN)c(Cl)c3)[nH]c2c1. The van der Waals surface area contributed by atoms with Crippen molar-refractivity contribution in [1.29, 1.82) is 0 Å². The minimum Gasteiger partial charge on any atom is -0.497 e. The Kier molecular flexibility index (Phi) is 4.05. The van der Waals surface area contributed by atoms with E-state index >= 15 is 0 Å². The molecule has 21 heavy (non-hydrogen) atoms. The number of rotatable bonds is 4. The van der Waals surface area contributed by atoms with E-state index in [0.717, 1.165) is 32.4 Å². The zero-order chi connectivity index (χ0) is 14.8. The predicted octanol–water partition coefficient (Wildman–Crippen LogP) is 3.83. The van der Waals surface area contributed by atoms with E-state index in [-0.39, 0.29) is 0 Å². The Morgan fingerprint density at radius 1 is 1.29 bits per heavy atom. The second kappa shape index (κ2) is 5.97. The Hall–Kier alpha value is -1.69. The summed E-state index contributed by atoms with van der Waals surface area (Å²) in [5.41, 5.74) is 8.40. The van der Waals surface area contributed by atoms with Gasteiger partial charge in [-0.2, -0.15) is 0 Å². The van der Waals surface area contributed by atoms with Crippen molar-refractivity contribution < 1.29 is 4.74 Å². The van der Waals surface area contributed by atoms with Gasteiger partial charge in [-0.25, -0.2) is 4.98 Å². The normalized spacial score (nSPS) is 11.0. The molecule has 3 rings (SSSR count). The van der Waals surface area contributed by atoms with Crippen LogP contribution >= 0.6 is 23.4 Å². The molecule has 4 nitrogen and oxygen atoms in total. The quantitative estimate of drug-likeness (QED) is 0.767. The van der Waals surface area contributed by atoms with Crippen LogP contribution in [0.15, 0.2) is 46.5 Å². The van der Waals surface area contributed by atoms with Crippen molar-refractivity contribution in [2.24, 2.45) is 5.73 Å². The fraction of sp³-hybridized carbons (Fsp3) is 0.133. The van der Waals surface area contributed by atoms with Crippen LogP contribution in [0.4, 0.5) is 0 Å². The van der Waals surface area contributed by atoms with Gasteiger partial charge in [0.15, 0.2) is 5.16 Å². The number of methoxy groups -OCH3 is 1. The number of imidazole rings is 1. The van der Waals surface area contributed by atoms with Crippen LogP contribution in [-0.2, 0) is 6.54 Å². The maximum atomic E-state index is 6.17. The molecule has 0 aliphatic carbocycles. The Balaban J connectivity index is 1.89. The predicted molar refractivity (Wildman–Crippen MR) is 86.1 cm³/mol. The third kappa shape index (κ3) is 3.00. The summed E-state index contributed by atoms with van der Waals surface area (Å²) < 4.78 is 5.21. The number of nitrogens with two attached hydrogens (primary N) is 1. The van der Waals surface area contributed by atoms with Gasteiger partial charge >= 0.3 is 0 Å². The fourth-order valence-electron chi connectivity index (χ4n) is 2.01. The number of ether oxygens (including phenoxy) is 1. The van der Waals surface area contributed by atoms with Gasteiger partial charge in [-0.1, -0.05) is 29.4 Å². The third-order valence-electron chi connectivity index (χ3n) is 3.13. The Labute approximate surface area is 131 Å². The van der Waals surface area contributed by atoms with Gasteiger partial charge in [-0.05, 0) is 29.8 Å². The van der Waals surface area contributed by atoms with E-state index in [2.05, 4.69) is 9.97 Å². The van der Waals surface area contributed by atoms with E-state index in [4.69, 9.17) is 22.1 Å². The van der Waals surface area contributed by atoms with Crippen LogP contribution in [0.1, 0.15) is 5.56 Å². The van der Waals surface area contributed by atoms with Crippen LogP contribution in [-0.4, -0.2) is 17.1 Å². The van der Waals surface area contributed by atoms with Gasteiger partial charge in [-0.15, -0.1) is 0 Å². The number of nitrogens with one attached hydrogen (secondary N) is 1. The molecular formula is C15H14ClN3OS. The number of hydrogen-bond acceptors (Lipinski definition) is 4. The van der Waals surface area contributed by atoms with E-state index in [1.165, 1.54) is 11.8 Å². The number of halogens is 1. The summed E-state index contributed by atoms with van der Waals surface area (Å²) in [7, 11) is 1.65. The number of aromatic amines is 1. The molecule has 0 spiro atoms. The molecule has 0 aliphatic rings. The molecule has 1 aromatic heterocycles. The highest BCUT2D eigenvalue weighted by atomic mass is 35.5. The third-order valence-corrected chi connectivity index (χ3v) is 4.35. The summed E-state index contributed by atoms with van der Waals surface area (Å²) in [6.45, 7) is 0.439. The van der Waals surface area contributed by atoms with Crippen LogP contribution < -0.4 is 10.5 Å². The van der Waals surface area contributed by atoms with Crippen molar-refractivity contribution >= 4 is 34.4 Å². The van der Waals surface area contributed by atoms with Gasteiger partial charge in [-0.3, -0.25) is 0 Å². The Morgan fingerprint density at radius 2 is 2.14 bits per heavy atom. The first-order chi connectivity index (χ1) is 10.2. The lowest BCUT2D eigenvalue weighted by molar-refractivity contribution is 0.415. The van der Waals surface area contributed by atoms with Crippen molar-refractivity contribution in [3.63, 3.8) is 0 Å². The molecule has 0 amide bonds. The second-order valence-electron chi connectivity index (χ2n) is 4.48. The highest BCUT2D eigenvalue weighted by molar-refractivity contribution is 7.99. The molecule has 0 atom stereocenters. The number of fused-ring (bicyclic) bond motifs is 1. The van der Waals surface area contributed by atoms with Gasteiger partial charge in [0.05, 0.1) is 18.1 Å². The maximum Gasteiger partial charge on any atom is 0.171 e. The number of nitrogens with zero attached hydrogens (tertiary/aromatic N) is 1. The molecule has 0 saturated carbocycles. The largest absolute Gasteiger partial charge is 0.497 e. The van der Waals surface area contributed by atoms with Crippen molar-refractivity contribution in [2.45, 2.75) is 16.6 Å². The molecule has 0 aliphatic heterocycles. The molecule has 0 saturated heterocycles. The first kappa shape index (κ1) is 14.3. The number of H-pyrrole nitrogens is 1. The number of aromatic nitrogens is 2. The van der Waals surface area contributed by atoms with Gasteiger partial charge in [0.25, 0.3) is 0 Å². The minimum absolute atomic E-state index is 0.439. The highest BCUT2D eigenvalue weighted by Crippen LogP contribution is 2.31. The van der Waals surface area contributed by atoms with E-state index in [0.29, 0.717) is 11.6 Å². The molecule has 0 bridgehead atoms. The maximum absolute atomic E-state index is 6.17. The molecule has 3 aromatic rings. The molecule has 3 N–H and O–H groups in total. The van der Waals surface area contributed by atoms with Gasteiger partial charge in [0.2, 0.25) is 0 Å². The molecule has 6 heteroatoms. The van der Waals surface area contributed by atoms with Crippen molar-refractivity contribution in [3.8, 4) is 5.75 Å². The highest BCUT2D eigenvalue weighted by Gasteiger charge is 2.07. The smallest absolute Gasteiger partial charge is 0.171 e. The molecular weight excluding hydrogens is 306 g/mol. The first-order valence-electron chi connectivity index (χ1n) is 6.39. The Morgan fingerprint density at radius 3 is 2.86 bits per heavy atom. The molecule has 1 heterocycles. The summed E-state index contributed by atoms with van der Waals surface area (Å²) in [5, 5.41) is 1.50. The van der Waals surface area contributed by atoms with E-state index < -0.39 is 0 Å². The van der Waals surface area contributed by atoms with Gasteiger partial charge < -0.3 is 15.5 Å². The second-order valence-corrected chi connectivity index (χ2v) is 5.95. The summed E-state index contributed by atoms with van der Waals surface area (Å²) >= 11 is 7.70. The van der Waals surface area contributed by atoms with Crippen LogP contribution in [0.25, 0.3) is 11.0 Å². The molecule has 0 radical (unpaired) electrons. The van der Waals surface area contributed by atoms with Crippen LogP contribution in [0.2, 0.25) is 5.02 Å². The monoisotopic (exact) mass is 319 g/mol. The zero-order valence-electron chi connectivity index (χ0n) is 11.4. The van der Waals surface area contributed by atoms with Crippen LogP contribution in [0.3, 0.4) is 0 Å². The van der Waals surface area contributed by atoms with Gasteiger partial charge in [0.1, 0.15) is 5.75 Å². The average Bonchev–Trinajstić information content (AvgIpc) is 2.88. The first-order valence-corrected chi connectivity index (χ1v) is 7.59. The van der Waals surface area contributed by atoms with Crippen molar-refractivity contribution in [3.05, 3.63) is 47.0 Å². The lowest BCUT2D eigenvalue weighted by atomic mass is 10.2. The van der Waals surface area contributed by atoms with Crippen molar-refractivity contribution in [2.75, 3.05) is 7.11 Å².